The Morgan fingerprint density at radius 3 is 1.65 bits per heavy atom. The number of ether oxygens (including phenoxy) is 4. The van der Waals surface area contributed by atoms with Crippen LogP contribution in [0, 0.1) is 7.14 Å². The Labute approximate surface area is 318 Å². The third-order valence-electron chi connectivity index (χ3n) is 6.76. The topological polar surface area (TPSA) is 143 Å². The third kappa shape index (κ3) is 11.1. The zero-order chi connectivity index (χ0) is 35.5. The number of hydrogen-bond donors (Lipinski definition) is 2. The quantitative estimate of drug-likeness (QED) is 0.130. The summed E-state index contributed by atoms with van der Waals surface area (Å²) < 4.78 is 25.2. The molecule has 0 aliphatic heterocycles. The first-order valence-corrected chi connectivity index (χ1v) is 18.3. The van der Waals surface area contributed by atoms with Crippen molar-refractivity contribution >= 4 is 105 Å². The van der Waals surface area contributed by atoms with Crippen molar-refractivity contribution in [2.75, 3.05) is 34.2 Å². The van der Waals surface area contributed by atoms with Crippen molar-refractivity contribution in [2.45, 2.75) is 19.3 Å². The van der Waals surface area contributed by atoms with E-state index in [1.54, 1.807) is 43.8 Å². The van der Waals surface area contributed by atoms with Crippen LogP contribution in [0.1, 0.15) is 16.1 Å². The standard InChI is InChI=1S/C18H16INO3S.C10H12O4.C7H5IN2S/c1-22-15-6-3-11(8-16(15)23-2)7-13(21)10-18-20-14-5-4-12(19)9-17(14)24-18;1-13-8-4-3-7(6-10(11)12)5-9(8)14-2;8-4-1-2-5-6(3-4)11-7(9)10-5/h3-6,8-9H,7,10H2,1-2H3;3-5H,6H2,1-2H3,(H,11,12);1-3H,(H2,9,10). The maximum atomic E-state index is 12.4. The van der Waals surface area contributed by atoms with Gasteiger partial charge in [0.1, 0.15) is 10.8 Å². The largest absolute Gasteiger partial charge is 0.493 e. The van der Waals surface area contributed by atoms with Gasteiger partial charge in [0.15, 0.2) is 28.1 Å². The fraction of sp³-hybridized carbons (Fsp3) is 0.200. The van der Waals surface area contributed by atoms with Gasteiger partial charge in [-0.3, -0.25) is 9.59 Å². The third-order valence-corrected chi connectivity index (χ3v) is 9.97. The van der Waals surface area contributed by atoms with Crippen molar-refractivity contribution in [2.24, 2.45) is 0 Å². The Morgan fingerprint density at radius 1 is 0.653 bits per heavy atom. The minimum atomic E-state index is -0.864. The van der Waals surface area contributed by atoms with E-state index in [1.165, 1.54) is 32.7 Å². The number of rotatable bonds is 10. The fourth-order valence-corrected chi connectivity index (χ4v) is 7.77. The van der Waals surface area contributed by atoms with E-state index < -0.39 is 5.97 Å². The molecule has 0 unspecified atom stereocenters. The van der Waals surface area contributed by atoms with Crippen molar-refractivity contribution in [1.82, 2.24) is 9.97 Å². The van der Waals surface area contributed by atoms with E-state index in [2.05, 4.69) is 67.3 Å². The number of aromatic nitrogens is 2. The van der Waals surface area contributed by atoms with Gasteiger partial charge >= 0.3 is 5.97 Å². The first-order valence-electron chi connectivity index (χ1n) is 14.5. The number of anilines is 1. The molecule has 3 N–H and O–H groups in total. The van der Waals surface area contributed by atoms with Crippen LogP contribution in [0.15, 0.2) is 72.8 Å². The van der Waals surface area contributed by atoms with E-state index >= 15 is 0 Å². The van der Waals surface area contributed by atoms with Crippen molar-refractivity contribution < 1.29 is 33.6 Å². The Balaban J connectivity index is 0.000000183. The molecular weight excluding hydrogens is 892 g/mol. The number of nitrogen functional groups attached to an aromatic ring is 1. The predicted molar refractivity (Wildman–Crippen MR) is 212 cm³/mol. The highest BCUT2D eigenvalue weighted by molar-refractivity contribution is 14.1. The Hall–Kier alpha value is -3.74. The minimum Gasteiger partial charge on any atom is -0.493 e. The minimum absolute atomic E-state index is 0.0135. The molecule has 0 saturated heterocycles. The Kier molecular flexibility index (Phi) is 14.2. The molecule has 2 aromatic heterocycles. The summed E-state index contributed by atoms with van der Waals surface area (Å²) in [4.78, 5) is 31.5. The first-order chi connectivity index (χ1) is 23.5. The van der Waals surface area contributed by atoms with Crippen LogP contribution in [0.2, 0.25) is 0 Å². The number of carboxylic acids is 1. The molecule has 0 saturated carbocycles. The number of benzene rings is 4. The smallest absolute Gasteiger partial charge is 0.307 e. The molecular formula is C35H33I2N3O7S2. The monoisotopic (exact) mass is 925 g/mol. The van der Waals surface area contributed by atoms with Crippen LogP contribution in [-0.2, 0) is 28.9 Å². The van der Waals surface area contributed by atoms with Gasteiger partial charge in [-0.1, -0.05) is 23.5 Å². The average molecular weight is 926 g/mol. The van der Waals surface area contributed by atoms with Crippen molar-refractivity contribution in [3.8, 4) is 23.0 Å². The maximum absolute atomic E-state index is 12.4. The lowest BCUT2D eigenvalue weighted by Gasteiger charge is -2.09. The summed E-state index contributed by atoms with van der Waals surface area (Å²) in [6.07, 6.45) is 0.693. The number of hydrogen-bond acceptors (Lipinski definition) is 11. The first kappa shape index (κ1) is 38.1. The van der Waals surface area contributed by atoms with Gasteiger partial charge in [0.2, 0.25) is 0 Å². The SMILES string of the molecule is COc1ccc(CC(=O)Cc2nc3ccc(I)cc3s2)cc1OC.COc1ccc(CC(=O)O)cc1OC.Nc1nc2ccc(I)cc2s1. The summed E-state index contributed by atoms with van der Waals surface area (Å²) in [6, 6.07) is 22.8. The Bertz CT molecular complexity index is 2070. The molecule has 256 valence electrons. The van der Waals surface area contributed by atoms with Crippen LogP contribution < -0.4 is 24.7 Å². The number of aliphatic carboxylic acids is 1. The molecule has 0 spiro atoms. The van der Waals surface area contributed by atoms with Crippen LogP contribution in [0.4, 0.5) is 5.13 Å². The molecule has 0 aliphatic carbocycles. The number of fused-ring (bicyclic) bond motifs is 2. The second-order valence-corrected chi connectivity index (χ2v) is 14.9. The maximum Gasteiger partial charge on any atom is 0.307 e. The molecule has 0 radical (unpaired) electrons. The van der Waals surface area contributed by atoms with Crippen LogP contribution in [0.5, 0.6) is 23.0 Å². The fourth-order valence-electron chi connectivity index (χ4n) is 4.55. The van der Waals surface area contributed by atoms with Crippen LogP contribution >= 0.6 is 67.9 Å². The number of Topliss-reactive ketones (excluding diaryl/α,β-unsaturated/α-hetero) is 1. The lowest BCUT2D eigenvalue weighted by molar-refractivity contribution is -0.136. The average Bonchev–Trinajstić information content (AvgIpc) is 3.65. The van der Waals surface area contributed by atoms with Crippen LogP contribution in [-0.4, -0.2) is 55.3 Å². The van der Waals surface area contributed by atoms with E-state index in [-0.39, 0.29) is 12.2 Å². The molecule has 0 atom stereocenters. The van der Waals surface area contributed by atoms with Crippen molar-refractivity contribution in [3.63, 3.8) is 0 Å². The van der Waals surface area contributed by atoms with Crippen molar-refractivity contribution in [1.29, 1.82) is 0 Å². The summed E-state index contributed by atoms with van der Waals surface area (Å²) in [5.74, 6) is 1.72. The van der Waals surface area contributed by atoms with Gasteiger partial charge in [-0.25, -0.2) is 9.97 Å². The summed E-state index contributed by atoms with van der Waals surface area (Å²) >= 11 is 7.67. The highest BCUT2D eigenvalue weighted by Gasteiger charge is 2.12. The number of ketones is 1. The molecule has 0 fully saturated rings. The molecule has 0 amide bonds. The summed E-state index contributed by atoms with van der Waals surface area (Å²) in [7, 11) is 6.24. The van der Waals surface area contributed by atoms with E-state index in [1.807, 2.05) is 42.5 Å². The lowest BCUT2D eigenvalue weighted by Crippen LogP contribution is -2.06. The summed E-state index contributed by atoms with van der Waals surface area (Å²) in [6.45, 7) is 0. The number of thiazole rings is 2. The van der Waals surface area contributed by atoms with Gasteiger partial charge in [0.05, 0.1) is 61.7 Å². The number of carbonyl (C=O) groups is 2. The molecule has 49 heavy (non-hydrogen) atoms. The molecule has 6 rings (SSSR count). The molecule has 14 heteroatoms. The number of carbonyl (C=O) groups excluding carboxylic acids is 1. The molecule has 0 aliphatic rings. The second-order valence-electron chi connectivity index (χ2n) is 10.2. The molecule has 10 nitrogen and oxygen atoms in total. The van der Waals surface area contributed by atoms with Crippen molar-refractivity contribution in [3.05, 3.63) is 96.1 Å². The highest BCUT2D eigenvalue weighted by atomic mass is 127. The van der Waals surface area contributed by atoms with Gasteiger partial charge in [0, 0.05) is 13.6 Å². The predicted octanol–water partition coefficient (Wildman–Crippen LogP) is 8.09. The molecule has 4 aromatic carbocycles. The number of nitrogens with two attached hydrogens (primary N) is 1. The van der Waals surface area contributed by atoms with Gasteiger partial charge in [0.25, 0.3) is 0 Å². The summed E-state index contributed by atoms with van der Waals surface area (Å²) in [5.41, 5.74) is 9.09. The van der Waals surface area contributed by atoms with Gasteiger partial charge in [-0.05, 0) is 117 Å². The zero-order valence-corrected chi connectivity index (χ0v) is 32.9. The van der Waals surface area contributed by atoms with E-state index in [0.717, 1.165) is 31.0 Å². The normalized spacial score (nSPS) is 10.4. The Morgan fingerprint density at radius 2 is 1.14 bits per heavy atom. The summed E-state index contributed by atoms with van der Waals surface area (Å²) in [5, 5.41) is 10.1. The van der Waals surface area contributed by atoms with E-state index in [4.69, 9.17) is 29.8 Å². The van der Waals surface area contributed by atoms with Gasteiger partial charge in [-0.15, -0.1) is 11.3 Å². The van der Waals surface area contributed by atoms with Gasteiger partial charge in [-0.2, -0.15) is 0 Å². The lowest BCUT2D eigenvalue weighted by atomic mass is 10.1. The van der Waals surface area contributed by atoms with Crippen LogP contribution in [0.3, 0.4) is 0 Å². The van der Waals surface area contributed by atoms with E-state index in [0.29, 0.717) is 46.5 Å². The van der Waals surface area contributed by atoms with Crippen LogP contribution in [0.25, 0.3) is 20.4 Å². The zero-order valence-electron chi connectivity index (χ0n) is 27.0. The van der Waals surface area contributed by atoms with E-state index in [9.17, 15) is 9.59 Å². The second kappa shape index (κ2) is 18.3. The molecule has 0 bridgehead atoms. The number of methoxy groups -OCH3 is 4. The number of carboxylic acid groups (broad SMARTS) is 1. The molecule has 2 heterocycles. The van der Waals surface area contributed by atoms with Gasteiger partial charge < -0.3 is 29.8 Å². The number of nitrogens with zero attached hydrogens (tertiary/aromatic N) is 2. The number of halogens is 2. The molecule has 6 aromatic rings. The highest BCUT2D eigenvalue weighted by Crippen LogP contribution is 2.30.